The van der Waals surface area contributed by atoms with Crippen LogP contribution in [0.2, 0.25) is 0 Å². The van der Waals surface area contributed by atoms with E-state index in [9.17, 15) is 4.39 Å². The van der Waals surface area contributed by atoms with Gasteiger partial charge >= 0.3 is 0 Å². The van der Waals surface area contributed by atoms with E-state index >= 15 is 0 Å². The molecule has 2 N–H and O–H groups in total. The highest BCUT2D eigenvalue weighted by Gasteiger charge is 1.99. The zero-order valence-corrected chi connectivity index (χ0v) is 8.98. The number of hydrogen-bond donors (Lipinski definition) is 1. The van der Waals surface area contributed by atoms with Crippen LogP contribution in [-0.4, -0.2) is 12.8 Å². The predicted octanol–water partition coefficient (Wildman–Crippen LogP) is 2.76. The largest absolute Gasteiger partial charge is 0.327 e. The summed E-state index contributed by atoms with van der Waals surface area (Å²) in [5, 5.41) is 0. The number of halogens is 1. The molecular formula is C11H14FNS. The van der Waals surface area contributed by atoms with Gasteiger partial charge in [-0.25, -0.2) is 4.39 Å². The Morgan fingerprint density at radius 3 is 2.93 bits per heavy atom. The average Bonchev–Trinajstić information content (AvgIpc) is 2.26. The molecule has 0 aliphatic rings. The van der Waals surface area contributed by atoms with Gasteiger partial charge in [0.2, 0.25) is 0 Å². The van der Waals surface area contributed by atoms with Gasteiger partial charge in [-0.15, -0.1) is 11.8 Å². The molecule has 0 heterocycles. The molecule has 1 aromatic carbocycles. The summed E-state index contributed by atoms with van der Waals surface area (Å²) < 4.78 is 12.3. The molecule has 0 radical (unpaired) electrons. The van der Waals surface area contributed by atoms with Gasteiger partial charge in [-0.3, -0.25) is 0 Å². The van der Waals surface area contributed by atoms with E-state index in [1.54, 1.807) is 11.8 Å². The molecule has 0 aliphatic carbocycles. The minimum atomic E-state index is 0.278. The summed E-state index contributed by atoms with van der Waals surface area (Å²) in [5.41, 5.74) is 7.12. The molecule has 1 aromatic rings. The first-order chi connectivity index (χ1) is 6.80. The Labute approximate surface area is 88.2 Å². The summed E-state index contributed by atoms with van der Waals surface area (Å²) in [6.45, 7) is 0.278. The van der Waals surface area contributed by atoms with Crippen molar-refractivity contribution >= 4 is 11.8 Å². The van der Waals surface area contributed by atoms with Crippen LogP contribution >= 0.6 is 11.8 Å². The molecule has 0 amide bonds. The van der Waals surface area contributed by atoms with Crippen molar-refractivity contribution in [2.45, 2.75) is 11.3 Å². The minimum Gasteiger partial charge on any atom is -0.327 e. The van der Waals surface area contributed by atoms with E-state index in [1.165, 1.54) is 4.90 Å². The van der Waals surface area contributed by atoms with Crippen molar-refractivity contribution in [1.82, 2.24) is 0 Å². The van der Waals surface area contributed by atoms with Crippen LogP contribution in [-0.2, 0) is 6.42 Å². The molecule has 14 heavy (non-hydrogen) atoms. The van der Waals surface area contributed by atoms with Gasteiger partial charge in [0.1, 0.15) is 0 Å². The van der Waals surface area contributed by atoms with E-state index in [0.29, 0.717) is 18.3 Å². The van der Waals surface area contributed by atoms with Crippen LogP contribution in [0.3, 0.4) is 0 Å². The number of rotatable bonds is 4. The van der Waals surface area contributed by atoms with Gasteiger partial charge in [0.15, 0.2) is 0 Å². The molecule has 0 bridgehead atoms. The summed E-state index contributed by atoms with van der Waals surface area (Å²) in [6.07, 6.45) is 3.22. The lowest BCUT2D eigenvalue weighted by molar-refractivity contribution is 0.699. The standard InChI is InChI=1S/C11H14FNS/c1-14-11-4-2-3-9(6-11)5-10(7-12)8-13/h2-4,6-7H,5,8,13H2,1H3. The molecule has 0 unspecified atom stereocenters. The SMILES string of the molecule is CSc1cccc(CC(=CF)CN)c1. The van der Waals surface area contributed by atoms with E-state index in [1.807, 2.05) is 24.5 Å². The molecule has 0 saturated carbocycles. The maximum atomic E-state index is 12.3. The lowest BCUT2D eigenvalue weighted by Crippen LogP contribution is -2.05. The number of hydrogen-bond acceptors (Lipinski definition) is 2. The first kappa shape index (κ1) is 11.3. The second kappa shape index (κ2) is 5.83. The average molecular weight is 211 g/mol. The van der Waals surface area contributed by atoms with Crippen LogP contribution in [0.5, 0.6) is 0 Å². The van der Waals surface area contributed by atoms with Gasteiger partial charge in [0.25, 0.3) is 0 Å². The van der Waals surface area contributed by atoms with E-state index in [2.05, 4.69) is 6.07 Å². The molecule has 0 fully saturated rings. The van der Waals surface area contributed by atoms with Gasteiger partial charge in [0, 0.05) is 11.4 Å². The van der Waals surface area contributed by atoms with Crippen molar-refractivity contribution in [2.24, 2.45) is 5.73 Å². The maximum Gasteiger partial charge on any atom is 0.0875 e. The normalized spacial score (nSPS) is 11.8. The fraction of sp³-hybridized carbons (Fsp3) is 0.273. The Morgan fingerprint density at radius 2 is 2.36 bits per heavy atom. The van der Waals surface area contributed by atoms with Crippen LogP contribution in [0.1, 0.15) is 5.56 Å². The molecule has 0 saturated heterocycles. The van der Waals surface area contributed by atoms with Gasteiger partial charge in [-0.1, -0.05) is 12.1 Å². The second-order valence-corrected chi connectivity index (χ2v) is 3.88. The minimum absolute atomic E-state index is 0.278. The molecule has 1 rings (SSSR count). The van der Waals surface area contributed by atoms with Gasteiger partial charge in [-0.2, -0.15) is 0 Å². The lowest BCUT2D eigenvalue weighted by atomic mass is 10.1. The molecule has 3 heteroatoms. The summed E-state index contributed by atoms with van der Waals surface area (Å²) in [5.74, 6) is 0. The van der Waals surface area contributed by atoms with Gasteiger partial charge in [-0.05, 0) is 35.9 Å². The smallest absolute Gasteiger partial charge is 0.0875 e. The third-order valence-electron chi connectivity index (χ3n) is 1.98. The van der Waals surface area contributed by atoms with Crippen molar-refractivity contribution in [3.63, 3.8) is 0 Å². The van der Waals surface area contributed by atoms with E-state index in [-0.39, 0.29) is 6.54 Å². The van der Waals surface area contributed by atoms with Crippen LogP contribution in [0, 0.1) is 0 Å². The molecule has 0 spiro atoms. The van der Waals surface area contributed by atoms with E-state index in [4.69, 9.17) is 5.73 Å². The summed E-state index contributed by atoms with van der Waals surface area (Å²) >= 11 is 1.68. The van der Waals surface area contributed by atoms with E-state index < -0.39 is 0 Å². The second-order valence-electron chi connectivity index (χ2n) is 3.00. The van der Waals surface area contributed by atoms with Crippen molar-refractivity contribution in [3.05, 3.63) is 41.7 Å². The Kier molecular flexibility index (Phi) is 4.70. The highest BCUT2D eigenvalue weighted by molar-refractivity contribution is 7.98. The van der Waals surface area contributed by atoms with Crippen molar-refractivity contribution in [3.8, 4) is 0 Å². The Morgan fingerprint density at radius 1 is 1.57 bits per heavy atom. The summed E-state index contributed by atoms with van der Waals surface area (Å²) in [7, 11) is 0. The predicted molar refractivity (Wildman–Crippen MR) is 60.2 cm³/mol. The van der Waals surface area contributed by atoms with Crippen LogP contribution in [0.15, 0.2) is 41.1 Å². The number of benzene rings is 1. The molecule has 76 valence electrons. The molecule has 0 atom stereocenters. The molecular weight excluding hydrogens is 197 g/mol. The van der Waals surface area contributed by atoms with Crippen LogP contribution < -0.4 is 5.73 Å². The van der Waals surface area contributed by atoms with Crippen LogP contribution in [0.25, 0.3) is 0 Å². The number of thioether (sulfide) groups is 1. The monoisotopic (exact) mass is 211 g/mol. The summed E-state index contributed by atoms with van der Waals surface area (Å²) in [6, 6.07) is 8.06. The zero-order chi connectivity index (χ0) is 10.4. The highest BCUT2D eigenvalue weighted by atomic mass is 32.2. The van der Waals surface area contributed by atoms with Crippen LogP contribution in [0.4, 0.5) is 4.39 Å². The molecule has 0 aliphatic heterocycles. The molecule has 0 aromatic heterocycles. The highest BCUT2D eigenvalue weighted by Crippen LogP contribution is 2.17. The van der Waals surface area contributed by atoms with Crippen molar-refractivity contribution in [2.75, 3.05) is 12.8 Å². The van der Waals surface area contributed by atoms with Gasteiger partial charge in [0.05, 0.1) is 6.33 Å². The Bertz CT molecular complexity index is 323. The number of nitrogens with two attached hydrogens (primary N) is 1. The summed E-state index contributed by atoms with van der Waals surface area (Å²) in [4.78, 5) is 1.19. The first-order valence-electron chi connectivity index (χ1n) is 4.41. The third-order valence-corrected chi connectivity index (χ3v) is 2.71. The molecule has 1 nitrogen and oxygen atoms in total. The lowest BCUT2D eigenvalue weighted by Gasteiger charge is -2.04. The Balaban J connectivity index is 2.76. The van der Waals surface area contributed by atoms with Crippen molar-refractivity contribution < 1.29 is 4.39 Å². The maximum absolute atomic E-state index is 12.3. The third kappa shape index (κ3) is 3.16. The fourth-order valence-corrected chi connectivity index (χ4v) is 1.68. The van der Waals surface area contributed by atoms with Crippen molar-refractivity contribution in [1.29, 1.82) is 0 Å². The quantitative estimate of drug-likeness (QED) is 0.775. The van der Waals surface area contributed by atoms with E-state index in [0.717, 1.165) is 5.56 Å². The fourth-order valence-electron chi connectivity index (χ4n) is 1.20. The topological polar surface area (TPSA) is 26.0 Å². The van der Waals surface area contributed by atoms with Gasteiger partial charge < -0.3 is 5.73 Å². The zero-order valence-electron chi connectivity index (χ0n) is 8.16. The Hall–Kier alpha value is -0.800. The first-order valence-corrected chi connectivity index (χ1v) is 5.63.